The highest BCUT2D eigenvalue weighted by Gasteiger charge is 2.24. The first-order valence-corrected chi connectivity index (χ1v) is 8.87. The van der Waals surface area contributed by atoms with Crippen LogP contribution in [-0.4, -0.2) is 18.4 Å². The molecule has 2 amide bonds. The van der Waals surface area contributed by atoms with Crippen molar-refractivity contribution < 1.29 is 9.59 Å². The summed E-state index contributed by atoms with van der Waals surface area (Å²) >= 11 is 12.2. The predicted octanol–water partition coefficient (Wildman–Crippen LogP) is 4.61. The molecule has 4 nitrogen and oxygen atoms in total. The molecule has 1 N–H and O–H groups in total. The molecule has 1 saturated heterocycles. The van der Waals surface area contributed by atoms with Crippen molar-refractivity contribution in [3.8, 4) is 0 Å². The summed E-state index contributed by atoms with van der Waals surface area (Å²) in [7, 11) is 0. The average Bonchev–Trinajstić information content (AvgIpc) is 3.01. The predicted molar refractivity (Wildman–Crippen MR) is 100 cm³/mol. The maximum atomic E-state index is 12.6. The van der Waals surface area contributed by atoms with Gasteiger partial charge in [0.2, 0.25) is 5.91 Å². The van der Waals surface area contributed by atoms with E-state index in [1.165, 1.54) is 0 Å². The van der Waals surface area contributed by atoms with Crippen molar-refractivity contribution in [2.24, 2.45) is 0 Å². The van der Waals surface area contributed by atoms with Crippen LogP contribution in [0, 0.1) is 0 Å². The van der Waals surface area contributed by atoms with Crippen LogP contribution in [0.1, 0.15) is 41.7 Å². The fourth-order valence-electron chi connectivity index (χ4n) is 2.90. The summed E-state index contributed by atoms with van der Waals surface area (Å²) in [5.74, 6) is -0.191. The van der Waals surface area contributed by atoms with Crippen molar-refractivity contribution in [3.63, 3.8) is 0 Å². The highest BCUT2D eigenvalue weighted by atomic mass is 35.5. The quantitative estimate of drug-likeness (QED) is 0.846. The normalized spacial score (nSPS) is 15.3. The first-order valence-electron chi connectivity index (χ1n) is 8.12. The second-order valence-corrected chi connectivity index (χ2v) is 6.91. The van der Waals surface area contributed by atoms with Gasteiger partial charge in [-0.1, -0.05) is 35.3 Å². The second-order valence-electron chi connectivity index (χ2n) is 6.07. The molecule has 2 aromatic rings. The van der Waals surface area contributed by atoms with Gasteiger partial charge >= 0.3 is 0 Å². The number of nitrogens with zero attached hydrogens (tertiary/aromatic N) is 1. The molecule has 0 bridgehead atoms. The van der Waals surface area contributed by atoms with Gasteiger partial charge in [-0.25, -0.2) is 0 Å². The molecule has 0 spiro atoms. The third-order valence-electron chi connectivity index (χ3n) is 4.27. The van der Waals surface area contributed by atoms with Crippen LogP contribution in [0.4, 0.5) is 5.69 Å². The molecule has 1 aliphatic heterocycles. The minimum Gasteiger partial charge on any atom is -0.346 e. The molecule has 1 fully saturated rings. The molecule has 0 radical (unpaired) electrons. The van der Waals surface area contributed by atoms with E-state index in [-0.39, 0.29) is 17.9 Å². The molecule has 0 aliphatic carbocycles. The molecule has 1 atom stereocenters. The molecular formula is C19H18Cl2N2O2. The Bertz CT molecular complexity index is 823. The van der Waals surface area contributed by atoms with Crippen molar-refractivity contribution in [2.45, 2.75) is 25.8 Å². The molecule has 130 valence electrons. The zero-order valence-electron chi connectivity index (χ0n) is 13.8. The molecule has 1 heterocycles. The summed E-state index contributed by atoms with van der Waals surface area (Å²) in [6.07, 6.45) is 1.32. The Hall–Kier alpha value is -2.04. The second kappa shape index (κ2) is 7.46. The van der Waals surface area contributed by atoms with E-state index in [0.29, 0.717) is 34.3 Å². The van der Waals surface area contributed by atoms with E-state index < -0.39 is 0 Å². The van der Waals surface area contributed by atoms with Crippen molar-refractivity contribution in [1.82, 2.24) is 5.32 Å². The topological polar surface area (TPSA) is 49.4 Å². The maximum absolute atomic E-state index is 12.6. The summed E-state index contributed by atoms with van der Waals surface area (Å²) < 4.78 is 0. The van der Waals surface area contributed by atoms with Gasteiger partial charge in [0, 0.05) is 23.6 Å². The molecular weight excluding hydrogens is 359 g/mol. The third-order valence-corrected chi connectivity index (χ3v) is 4.82. The van der Waals surface area contributed by atoms with Crippen LogP contribution in [0.3, 0.4) is 0 Å². The molecule has 25 heavy (non-hydrogen) atoms. The molecule has 2 aromatic carbocycles. The fourth-order valence-corrected chi connectivity index (χ4v) is 3.32. The summed E-state index contributed by atoms with van der Waals surface area (Å²) in [6.45, 7) is 2.52. The van der Waals surface area contributed by atoms with Gasteiger partial charge in [0.05, 0.1) is 16.8 Å². The Morgan fingerprint density at radius 3 is 2.68 bits per heavy atom. The molecule has 1 aliphatic rings. The van der Waals surface area contributed by atoms with E-state index in [9.17, 15) is 9.59 Å². The molecule has 0 saturated carbocycles. The van der Waals surface area contributed by atoms with Crippen LogP contribution in [0.5, 0.6) is 0 Å². The highest BCUT2D eigenvalue weighted by molar-refractivity contribution is 6.34. The van der Waals surface area contributed by atoms with Crippen LogP contribution < -0.4 is 10.2 Å². The number of benzene rings is 2. The minimum absolute atomic E-state index is 0.0340. The number of amides is 2. The zero-order chi connectivity index (χ0) is 18.0. The molecule has 0 unspecified atom stereocenters. The van der Waals surface area contributed by atoms with Gasteiger partial charge in [0.25, 0.3) is 5.91 Å². The van der Waals surface area contributed by atoms with Gasteiger partial charge in [-0.05, 0) is 49.2 Å². The Morgan fingerprint density at radius 1 is 1.20 bits per heavy atom. The van der Waals surface area contributed by atoms with Gasteiger partial charge < -0.3 is 10.2 Å². The van der Waals surface area contributed by atoms with Crippen molar-refractivity contribution >= 4 is 40.7 Å². The third kappa shape index (κ3) is 3.97. The Morgan fingerprint density at radius 2 is 2.00 bits per heavy atom. The number of anilines is 1. The Labute approximate surface area is 156 Å². The number of carbonyl (C=O) groups excluding carboxylic acids is 2. The highest BCUT2D eigenvalue weighted by Crippen LogP contribution is 2.30. The first-order chi connectivity index (χ1) is 12.0. The average molecular weight is 377 g/mol. The number of hydrogen-bond donors (Lipinski definition) is 1. The SMILES string of the molecule is C[C@H](NC(=O)c1ccc(Cl)c(N2CCCC2=O)c1)c1cccc(Cl)c1. The number of hydrogen-bond acceptors (Lipinski definition) is 2. The van der Waals surface area contributed by atoms with Crippen molar-refractivity contribution in [2.75, 3.05) is 11.4 Å². The van der Waals surface area contributed by atoms with E-state index in [0.717, 1.165) is 12.0 Å². The number of halogens is 2. The van der Waals surface area contributed by atoms with Crippen molar-refractivity contribution in [1.29, 1.82) is 0 Å². The maximum Gasteiger partial charge on any atom is 0.251 e. The van der Waals surface area contributed by atoms with Crippen molar-refractivity contribution in [3.05, 3.63) is 63.6 Å². The monoisotopic (exact) mass is 376 g/mol. The Kier molecular flexibility index (Phi) is 5.30. The summed E-state index contributed by atoms with van der Waals surface area (Å²) in [5, 5.41) is 4.04. The largest absolute Gasteiger partial charge is 0.346 e. The smallest absolute Gasteiger partial charge is 0.251 e. The van der Waals surface area contributed by atoms with E-state index in [2.05, 4.69) is 5.32 Å². The summed E-state index contributed by atoms with van der Waals surface area (Å²) in [5.41, 5.74) is 1.98. The van der Waals surface area contributed by atoms with Crippen LogP contribution in [-0.2, 0) is 4.79 Å². The van der Waals surface area contributed by atoms with E-state index in [1.54, 1.807) is 29.2 Å². The lowest BCUT2D eigenvalue weighted by Gasteiger charge is -2.19. The van der Waals surface area contributed by atoms with Gasteiger partial charge in [-0.2, -0.15) is 0 Å². The Balaban J connectivity index is 1.79. The van der Waals surface area contributed by atoms with Crippen LogP contribution in [0.2, 0.25) is 10.0 Å². The van der Waals surface area contributed by atoms with Crippen LogP contribution >= 0.6 is 23.2 Å². The lowest BCUT2D eigenvalue weighted by atomic mass is 10.1. The van der Waals surface area contributed by atoms with E-state index in [4.69, 9.17) is 23.2 Å². The van der Waals surface area contributed by atoms with Gasteiger partial charge in [0.15, 0.2) is 0 Å². The number of rotatable bonds is 4. The first kappa shape index (κ1) is 17.8. The summed E-state index contributed by atoms with van der Waals surface area (Å²) in [4.78, 5) is 26.2. The van der Waals surface area contributed by atoms with Crippen LogP contribution in [0.15, 0.2) is 42.5 Å². The molecule has 3 rings (SSSR count). The lowest BCUT2D eigenvalue weighted by molar-refractivity contribution is -0.117. The lowest BCUT2D eigenvalue weighted by Crippen LogP contribution is -2.28. The van der Waals surface area contributed by atoms with E-state index >= 15 is 0 Å². The standard InChI is InChI=1S/C19H18Cl2N2O2/c1-12(13-4-2-5-15(20)10-13)22-19(25)14-7-8-16(21)17(11-14)23-9-3-6-18(23)24/h2,4-5,7-8,10-12H,3,6,9H2,1H3,(H,22,25)/t12-/m0/s1. The zero-order valence-corrected chi connectivity index (χ0v) is 15.3. The van der Waals surface area contributed by atoms with E-state index in [1.807, 2.05) is 25.1 Å². The van der Waals surface area contributed by atoms with Crippen LogP contribution in [0.25, 0.3) is 0 Å². The molecule has 0 aromatic heterocycles. The molecule has 6 heteroatoms. The van der Waals surface area contributed by atoms with Gasteiger partial charge in [0.1, 0.15) is 0 Å². The number of nitrogens with one attached hydrogen (secondary N) is 1. The fraction of sp³-hybridized carbons (Fsp3) is 0.263. The number of carbonyl (C=O) groups is 2. The summed E-state index contributed by atoms with van der Waals surface area (Å²) in [6, 6.07) is 12.2. The minimum atomic E-state index is -0.225. The van der Waals surface area contributed by atoms with Gasteiger partial charge in [-0.15, -0.1) is 0 Å². The van der Waals surface area contributed by atoms with Gasteiger partial charge in [-0.3, -0.25) is 9.59 Å².